The number of hydrogen-bond donors (Lipinski definition) is 0. The molecule has 0 radical (unpaired) electrons. The lowest BCUT2D eigenvalue weighted by molar-refractivity contribution is 0.370. The van der Waals surface area contributed by atoms with E-state index in [1.54, 1.807) is 0 Å². The van der Waals surface area contributed by atoms with Gasteiger partial charge < -0.3 is 0 Å². The van der Waals surface area contributed by atoms with Crippen LogP contribution < -0.4 is 0 Å². The molecule has 4 rings (SSSR count). The van der Waals surface area contributed by atoms with Crippen molar-refractivity contribution in [2.45, 2.75) is 46.5 Å². The van der Waals surface area contributed by atoms with Crippen LogP contribution in [-0.2, 0) is 6.42 Å². The Morgan fingerprint density at radius 1 is 1.04 bits per heavy atom. The fraction of sp³-hybridized carbons (Fsp3) is 0.308. The quantitative estimate of drug-likeness (QED) is 0.551. The molecule has 132 valence electrons. The third-order valence-electron chi connectivity index (χ3n) is 5.77. The molecule has 2 aliphatic rings. The molecule has 0 N–H and O–H groups in total. The molecule has 0 aromatic heterocycles. The van der Waals surface area contributed by atoms with Crippen molar-refractivity contribution in [3.8, 4) is 0 Å². The smallest absolute Gasteiger partial charge is 0.00758 e. The summed E-state index contributed by atoms with van der Waals surface area (Å²) >= 11 is 0. The van der Waals surface area contributed by atoms with Crippen molar-refractivity contribution in [2.24, 2.45) is 5.41 Å². The van der Waals surface area contributed by atoms with Gasteiger partial charge in [0.25, 0.3) is 0 Å². The van der Waals surface area contributed by atoms with Crippen LogP contribution in [0.5, 0.6) is 0 Å². The Balaban J connectivity index is 1.64. The van der Waals surface area contributed by atoms with Crippen molar-refractivity contribution in [3.05, 3.63) is 88.5 Å². The van der Waals surface area contributed by atoms with Crippen LogP contribution in [0.25, 0.3) is 17.2 Å². The monoisotopic (exact) mass is 340 g/mol. The molecule has 0 heterocycles. The Labute approximate surface area is 158 Å². The van der Waals surface area contributed by atoms with Crippen LogP contribution in [0.15, 0.2) is 60.7 Å². The van der Waals surface area contributed by atoms with Gasteiger partial charge in [0.15, 0.2) is 0 Å². The van der Waals surface area contributed by atoms with Crippen molar-refractivity contribution in [2.75, 3.05) is 0 Å². The number of rotatable bonds is 3. The van der Waals surface area contributed by atoms with Gasteiger partial charge in [-0.25, -0.2) is 0 Å². The van der Waals surface area contributed by atoms with Crippen LogP contribution >= 0.6 is 0 Å². The standard InChI is InChI=1S/C26H28/c1-5-18-8-6-7-9-23(18)21-11-10-19(16-21)20-12-14-24-22(17-20)13-15-25(24)26(2,3)4/h6-9,11-17,25H,5,10H2,1-4H3. The predicted molar refractivity (Wildman–Crippen MR) is 114 cm³/mol. The Kier molecular flexibility index (Phi) is 4.23. The van der Waals surface area contributed by atoms with E-state index in [1.165, 1.54) is 39.0 Å². The van der Waals surface area contributed by atoms with E-state index in [1.807, 2.05) is 0 Å². The van der Waals surface area contributed by atoms with Gasteiger partial charge in [-0.05, 0) is 63.3 Å². The molecule has 0 saturated carbocycles. The molecule has 0 aliphatic heterocycles. The van der Waals surface area contributed by atoms with Crippen LogP contribution in [0.3, 0.4) is 0 Å². The largest absolute Gasteiger partial charge is 0.0759 e. The van der Waals surface area contributed by atoms with E-state index in [-0.39, 0.29) is 5.41 Å². The minimum absolute atomic E-state index is 0.272. The van der Waals surface area contributed by atoms with Crippen LogP contribution in [0.2, 0.25) is 0 Å². The molecule has 26 heavy (non-hydrogen) atoms. The van der Waals surface area contributed by atoms with Crippen molar-refractivity contribution in [1.29, 1.82) is 0 Å². The molecule has 0 bridgehead atoms. The highest BCUT2D eigenvalue weighted by atomic mass is 14.3. The summed E-state index contributed by atoms with van der Waals surface area (Å²) in [5, 5.41) is 0. The number of allylic oxidation sites excluding steroid dienone is 5. The summed E-state index contributed by atoms with van der Waals surface area (Å²) < 4.78 is 0. The minimum Gasteiger partial charge on any atom is -0.0759 e. The first-order valence-corrected chi connectivity index (χ1v) is 9.79. The van der Waals surface area contributed by atoms with E-state index in [0.717, 1.165) is 12.8 Å². The molecule has 2 aromatic carbocycles. The molecule has 0 spiro atoms. The first kappa shape index (κ1) is 17.1. The third-order valence-corrected chi connectivity index (χ3v) is 5.77. The molecule has 1 atom stereocenters. The molecule has 0 fully saturated rings. The van der Waals surface area contributed by atoms with Crippen LogP contribution in [-0.4, -0.2) is 0 Å². The van der Waals surface area contributed by atoms with Gasteiger partial charge >= 0.3 is 0 Å². The molecule has 0 nitrogen and oxygen atoms in total. The summed E-state index contributed by atoms with van der Waals surface area (Å²) in [5.74, 6) is 0.522. The fourth-order valence-electron chi connectivity index (χ4n) is 4.29. The van der Waals surface area contributed by atoms with Gasteiger partial charge in [-0.3, -0.25) is 0 Å². The van der Waals surface area contributed by atoms with E-state index < -0.39 is 0 Å². The zero-order valence-corrected chi connectivity index (χ0v) is 16.3. The maximum atomic E-state index is 2.39. The van der Waals surface area contributed by atoms with E-state index >= 15 is 0 Å². The molecular weight excluding hydrogens is 312 g/mol. The molecule has 2 aromatic rings. The molecule has 2 aliphatic carbocycles. The third kappa shape index (κ3) is 2.98. The van der Waals surface area contributed by atoms with Crippen molar-refractivity contribution < 1.29 is 0 Å². The maximum absolute atomic E-state index is 2.39. The SMILES string of the molecule is CCc1ccccc1C1=CCC(c2ccc3c(c2)C=CC3C(C)(C)C)=C1. The molecule has 1 unspecified atom stereocenters. The van der Waals surface area contributed by atoms with Gasteiger partial charge in [-0.1, -0.05) is 88.4 Å². The average molecular weight is 341 g/mol. The van der Waals surface area contributed by atoms with Crippen molar-refractivity contribution >= 4 is 17.2 Å². The average Bonchev–Trinajstić information content (AvgIpc) is 3.27. The lowest BCUT2D eigenvalue weighted by Gasteiger charge is -2.27. The maximum Gasteiger partial charge on any atom is 0.00758 e. The second-order valence-electron chi connectivity index (χ2n) is 8.59. The normalized spacial score (nSPS) is 18.7. The van der Waals surface area contributed by atoms with Gasteiger partial charge in [-0.15, -0.1) is 0 Å². The Morgan fingerprint density at radius 3 is 2.62 bits per heavy atom. The van der Waals surface area contributed by atoms with Gasteiger partial charge in [0.05, 0.1) is 0 Å². The molecular formula is C26H28. The Morgan fingerprint density at radius 2 is 1.85 bits per heavy atom. The lowest BCUT2D eigenvalue weighted by atomic mass is 9.77. The van der Waals surface area contributed by atoms with E-state index in [9.17, 15) is 0 Å². The van der Waals surface area contributed by atoms with Gasteiger partial charge in [0.2, 0.25) is 0 Å². The summed E-state index contributed by atoms with van der Waals surface area (Å²) in [6.07, 6.45) is 11.6. The first-order chi connectivity index (χ1) is 12.5. The second-order valence-corrected chi connectivity index (χ2v) is 8.59. The van der Waals surface area contributed by atoms with E-state index in [0.29, 0.717) is 5.92 Å². The first-order valence-electron chi connectivity index (χ1n) is 9.79. The Hall–Kier alpha value is -2.34. The molecule has 0 saturated heterocycles. The highest BCUT2D eigenvalue weighted by Gasteiger charge is 2.28. The highest BCUT2D eigenvalue weighted by Crippen LogP contribution is 2.43. The fourth-order valence-corrected chi connectivity index (χ4v) is 4.29. The zero-order chi connectivity index (χ0) is 18.3. The number of hydrogen-bond acceptors (Lipinski definition) is 0. The summed E-state index contributed by atoms with van der Waals surface area (Å²) in [6.45, 7) is 9.21. The predicted octanol–water partition coefficient (Wildman–Crippen LogP) is 7.28. The highest BCUT2D eigenvalue weighted by molar-refractivity contribution is 5.90. The summed E-state index contributed by atoms with van der Waals surface area (Å²) in [5.41, 5.74) is 10.1. The topological polar surface area (TPSA) is 0 Å². The van der Waals surface area contributed by atoms with E-state index in [4.69, 9.17) is 0 Å². The number of fused-ring (bicyclic) bond motifs is 1. The van der Waals surface area contributed by atoms with Gasteiger partial charge in [0, 0.05) is 5.92 Å². The van der Waals surface area contributed by atoms with Crippen LogP contribution in [0.1, 0.15) is 67.9 Å². The van der Waals surface area contributed by atoms with Gasteiger partial charge in [0.1, 0.15) is 0 Å². The van der Waals surface area contributed by atoms with Crippen molar-refractivity contribution in [1.82, 2.24) is 0 Å². The van der Waals surface area contributed by atoms with Crippen molar-refractivity contribution in [3.63, 3.8) is 0 Å². The van der Waals surface area contributed by atoms with Crippen LogP contribution in [0, 0.1) is 5.41 Å². The summed E-state index contributed by atoms with van der Waals surface area (Å²) in [6, 6.07) is 15.8. The summed E-state index contributed by atoms with van der Waals surface area (Å²) in [7, 11) is 0. The molecule has 0 amide bonds. The lowest BCUT2D eigenvalue weighted by Crippen LogP contribution is -2.15. The zero-order valence-electron chi connectivity index (χ0n) is 16.3. The van der Waals surface area contributed by atoms with Gasteiger partial charge in [-0.2, -0.15) is 0 Å². The van der Waals surface area contributed by atoms with Crippen LogP contribution in [0.4, 0.5) is 0 Å². The minimum atomic E-state index is 0.272. The molecule has 0 heteroatoms. The number of aryl methyl sites for hydroxylation is 1. The Bertz CT molecular complexity index is 929. The summed E-state index contributed by atoms with van der Waals surface area (Å²) in [4.78, 5) is 0. The second kappa shape index (κ2) is 6.43. The van der Waals surface area contributed by atoms with E-state index in [2.05, 4.69) is 94.5 Å². The number of benzene rings is 2.